The van der Waals surface area contributed by atoms with Crippen molar-refractivity contribution in [1.82, 2.24) is 19.8 Å². The molecule has 1 aliphatic heterocycles. The van der Waals surface area contributed by atoms with E-state index < -0.39 is 11.5 Å². The molecule has 0 radical (unpaired) electrons. The van der Waals surface area contributed by atoms with E-state index in [4.69, 9.17) is 17.3 Å². The Hall–Kier alpha value is -3.23. The Bertz CT molecular complexity index is 1170. The van der Waals surface area contributed by atoms with Gasteiger partial charge in [0, 0.05) is 42.3 Å². The summed E-state index contributed by atoms with van der Waals surface area (Å²) in [4.78, 5) is 44.2. The molecule has 0 bridgehead atoms. The number of rotatable bonds is 5. The maximum absolute atomic E-state index is 13.1. The summed E-state index contributed by atoms with van der Waals surface area (Å²) in [6.07, 6.45) is 1.54. The Labute approximate surface area is 177 Å². The third kappa shape index (κ3) is 4.05. The van der Waals surface area contributed by atoms with E-state index in [2.05, 4.69) is 10.3 Å². The summed E-state index contributed by atoms with van der Waals surface area (Å²) >= 11 is 5.88. The van der Waals surface area contributed by atoms with Crippen molar-refractivity contribution < 1.29 is 9.59 Å². The molecule has 30 heavy (non-hydrogen) atoms. The van der Waals surface area contributed by atoms with Crippen molar-refractivity contribution in [3.63, 3.8) is 0 Å². The molecule has 3 N–H and O–H groups in total. The number of carbonyl (C=O) groups excluding carboxylic acids is 2. The molecular formula is C21H20ClN5O3. The minimum Gasteiger partial charge on any atom is -0.348 e. The highest BCUT2D eigenvalue weighted by molar-refractivity contribution is 6.30. The van der Waals surface area contributed by atoms with Crippen molar-refractivity contribution >= 4 is 34.4 Å². The number of nitrogens with two attached hydrogens (primary N) is 1. The molecule has 3 aromatic rings. The molecule has 2 amide bonds. The van der Waals surface area contributed by atoms with E-state index in [-0.39, 0.29) is 30.6 Å². The molecule has 154 valence electrons. The van der Waals surface area contributed by atoms with Crippen LogP contribution in [0.15, 0.2) is 53.5 Å². The highest BCUT2D eigenvalue weighted by atomic mass is 35.5. The second kappa shape index (κ2) is 8.25. The molecule has 1 saturated heterocycles. The zero-order chi connectivity index (χ0) is 21.3. The summed E-state index contributed by atoms with van der Waals surface area (Å²) in [6.45, 7) is 0.961. The van der Waals surface area contributed by atoms with Crippen molar-refractivity contribution in [1.29, 1.82) is 0 Å². The average molecular weight is 426 g/mol. The largest absolute Gasteiger partial charge is 0.348 e. The summed E-state index contributed by atoms with van der Waals surface area (Å²) < 4.78 is 1.25. The van der Waals surface area contributed by atoms with Crippen LogP contribution in [0, 0.1) is 0 Å². The van der Waals surface area contributed by atoms with Crippen LogP contribution in [0.4, 0.5) is 0 Å². The Morgan fingerprint density at radius 2 is 1.93 bits per heavy atom. The summed E-state index contributed by atoms with van der Waals surface area (Å²) in [5.74, 6) is -0.752. The van der Waals surface area contributed by atoms with Gasteiger partial charge in [-0.2, -0.15) is 0 Å². The third-order valence-corrected chi connectivity index (χ3v) is 5.27. The molecule has 1 aromatic carbocycles. The molecular weight excluding hydrogens is 406 g/mol. The number of halogens is 1. The first kappa shape index (κ1) is 20.1. The molecule has 2 aromatic heterocycles. The van der Waals surface area contributed by atoms with Gasteiger partial charge < -0.3 is 16.0 Å². The van der Waals surface area contributed by atoms with Crippen LogP contribution >= 0.6 is 11.6 Å². The standard InChI is InChI=1S/C21H20ClN5O3/c22-15-5-3-13(4-6-15)9-25-20(29)17-8-14-2-1-7-24-19(14)27(21(17)30)12-18(28)26-10-16(23)11-26/h1-8,16H,9-12,23H2,(H,25,29). The maximum atomic E-state index is 13.1. The monoisotopic (exact) mass is 425 g/mol. The molecule has 9 heteroatoms. The van der Waals surface area contributed by atoms with Crippen molar-refractivity contribution in [3.05, 3.63) is 75.2 Å². The fourth-order valence-corrected chi connectivity index (χ4v) is 3.47. The van der Waals surface area contributed by atoms with Gasteiger partial charge in [0.2, 0.25) is 5.91 Å². The second-order valence-electron chi connectivity index (χ2n) is 7.23. The fourth-order valence-electron chi connectivity index (χ4n) is 3.35. The van der Waals surface area contributed by atoms with Gasteiger partial charge in [-0.3, -0.25) is 19.0 Å². The van der Waals surface area contributed by atoms with Crippen LogP contribution in [0.1, 0.15) is 15.9 Å². The average Bonchev–Trinajstić information content (AvgIpc) is 2.72. The van der Waals surface area contributed by atoms with E-state index in [1.165, 1.54) is 10.6 Å². The maximum Gasteiger partial charge on any atom is 0.265 e. The van der Waals surface area contributed by atoms with Crippen LogP contribution in [0.2, 0.25) is 5.02 Å². The van der Waals surface area contributed by atoms with Gasteiger partial charge >= 0.3 is 0 Å². The molecule has 0 aliphatic carbocycles. The molecule has 3 heterocycles. The predicted octanol–water partition coefficient (Wildman–Crippen LogP) is 1.15. The van der Waals surface area contributed by atoms with Gasteiger partial charge in [0.05, 0.1) is 0 Å². The first-order valence-electron chi connectivity index (χ1n) is 9.47. The van der Waals surface area contributed by atoms with Gasteiger partial charge in [-0.05, 0) is 35.9 Å². The van der Waals surface area contributed by atoms with Gasteiger partial charge in [0.15, 0.2) is 0 Å². The van der Waals surface area contributed by atoms with E-state index in [1.807, 2.05) is 0 Å². The third-order valence-electron chi connectivity index (χ3n) is 5.01. The topological polar surface area (TPSA) is 110 Å². The highest BCUT2D eigenvalue weighted by Gasteiger charge is 2.28. The summed E-state index contributed by atoms with van der Waals surface area (Å²) in [5.41, 5.74) is 6.34. The molecule has 4 rings (SSSR count). The molecule has 1 aliphatic rings. The number of nitrogens with one attached hydrogen (secondary N) is 1. The Morgan fingerprint density at radius 3 is 2.63 bits per heavy atom. The number of amides is 2. The zero-order valence-electron chi connectivity index (χ0n) is 16.0. The van der Waals surface area contributed by atoms with Crippen molar-refractivity contribution in [3.8, 4) is 0 Å². The van der Waals surface area contributed by atoms with Crippen LogP contribution in [-0.2, 0) is 17.9 Å². The Morgan fingerprint density at radius 1 is 1.20 bits per heavy atom. The number of aromatic nitrogens is 2. The van der Waals surface area contributed by atoms with Crippen LogP contribution in [-0.4, -0.2) is 45.4 Å². The lowest BCUT2D eigenvalue weighted by atomic mass is 10.1. The van der Waals surface area contributed by atoms with Gasteiger partial charge in [0.1, 0.15) is 17.8 Å². The van der Waals surface area contributed by atoms with Gasteiger partial charge in [-0.25, -0.2) is 4.98 Å². The van der Waals surface area contributed by atoms with Crippen LogP contribution in [0.5, 0.6) is 0 Å². The highest BCUT2D eigenvalue weighted by Crippen LogP contribution is 2.14. The van der Waals surface area contributed by atoms with Crippen LogP contribution in [0.25, 0.3) is 11.0 Å². The number of hydrogen-bond donors (Lipinski definition) is 2. The number of pyridine rings is 2. The van der Waals surface area contributed by atoms with Crippen molar-refractivity contribution in [2.24, 2.45) is 5.73 Å². The minimum atomic E-state index is -0.562. The van der Waals surface area contributed by atoms with E-state index in [9.17, 15) is 14.4 Å². The normalized spacial score (nSPS) is 13.9. The van der Waals surface area contributed by atoms with Gasteiger partial charge in [-0.15, -0.1) is 0 Å². The van der Waals surface area contributed by atoms with Gasteiger partial charge in [-0.1, -0.05) is 23.7 Å². The number of likely N-dealkylation sites (tertiary alicyclic amines) is 1. The summed E-state index contributed by atoms with van der Waals surface area (Å²) in [7, 11) is 0. The first-order chi connectivity index (χ1) is 14.4. The smallest absolute Gasteiger partial charge is 0.265 e. The van der Waals surface area contributed by atoms with Gasteiger partial charge in [0.25, 0.3) is 11.5 Å². The summed E-state index contributed by atoms with van der Waals surface area (Å²) in [5, 5.41) is 3.94. The molecule has 8 nitrogen and oxygen atoms in total. The lowest BCUT2D eigenvalue weighted by molar-refractivity contribution is -0.136. The van der Waals surface area contributed by atoms with E-state index >= 15 is 0 Å². The van der Waals surface area contributed by atoms with E-state index in [1.54, 1.807) is 47.5 Å². The lowest BCUT2D eigenvalue weighted by Crippen LogP contribution is -2.58. The Kier molecular flexibility index (Phi) is 5.52. The number of hydrogen-bond acceptors (Lipinski definition) is 5. The Balaban J connectivity index is 1.62. The lowest BCUT2D eigenvalue weighted by Gasteiger charge is -2.37. The van der Waals surface area contributed by atoms with Crippen LogP contribution in [0.3, 0.4) is 0 Å². The SMILES string of the molecule is NC1CN(C(=O)Cn2c(=O)c(C(=O)NCc3ccc(Cl)cc3)cc3cccnc32)C1. The number of benzene rings is 1. The van der Waals surface area contributed by atoms with Crippen LogP contribution < -0.4 is 16.6 Å². The zero-order valence-corrected chi connectivity index (χ0v) is 16.8. The molecule has 1 fully saturated rings. The number of nitrogens with zero attached hydrogens (tertiary/aromatic N) is 3. The summed E-state index contributed by atoms with van der Waals surface area (Å²) in [6, 6.07) is 12.0. The van der Waals surface area contributed by atoms with Crippen molar-refractivity contribution in [2.75, 3.05) is 13.1 Å². The first-order valence-corrected chi connectivity index (χ1v) is 9.85. The fraction of sp³-hybridized carbons (Fsp3) is 0.238. The number of carbonyl (C=O) groups is 2. The molecule has 0 saturated carbocycles. The number of fused-ring (bicyclic) bond motifs is 1. The van der Waals surface area contributed by atoms with E-state index in [0.29, 0.717) is 29.1 Å². The predicted molar refractivity (Wildman–Crippen MR) is 113 cm³/mol. The second-order valence-corrected chi connectivity index (χ2v) is 7.67. The molecule has 0 atom stereocenters. The van der Waals surface area contributed by atoms with Crippen molar-refractivity contribution in [2.45, 2.75) is 19.1 Å². The molecule has 0 spiro atoms. The molecule has 0 unspecified atom stereocenters. The minimum absolute atomic E-state index is 0.0366. The quantitative estimate of drug-likeness (QED) is 0.637. The van der Waals surface area contributed by atoms with E-state index in [0.717, 1.165) is 5.56 Å².